The maximum atomic E-state index is 5.56. The van der Waals surface area contributed by atoms with Crippen LogP contribution in [0.5, 0.6) is 11.5 Å². The van der Waals surface area contributed by atoms with E-state index in [1.54, 1.807) is 32.6 Å². The molecule has 0 amide bonds. The van der Waals surface area contributed by atoms with Crippen LogP contribution in [0.1, 0.15) is 29.3 Å². The third-order valence-electron chi connectivity index (χ3n) is 4.23. The zero-order chi connectivity index (χ0) is 21.2. The lowest BCUT2D eigenvalue weighted by atomic mass is 10.2. The number of nitrogens with one attached hydrogen (secondary N) is 1. The van der Waals surface area contributed by atoms with Crippen molar-refractivity contribution < 1.29 is 14.2 Å². The highest BCUT2D eigenvalue weighted by Crippen LogP contribution is 2.28. The molecule has 0 saturated heterocycles. The van der Waals surface area contributed by atoms with Gasteiger partial charge < -0.3 is 24.4 Å². The number of terminal acetylenes is 1. The van der Waals surface area contributed by atoms with Crippen molar-refractivity contribution in [3.05, 3.63) is 39.8 Å². The fourth-order valence-electron chi connectivity index (χ4n) is 2.63. The van der Waals surface area contributed by atoms with Crippen LogP contribution in [0.4, 0.5) is 0 Å². The molecule has 7 nitrogen and oxygen atoms in total. The molecule has 0 radical (unpaired) electrons. The van der Waals surface area contributed by atoms with Gasteiger partial charge in [0, 0.05) is 33.1 Å². The van der Waals surface area contributed by atoms with Gasteiger partial charge in [-0.15, -0.1) is 41.7 Å². The van der Waals surface area contributed by atoms with E-state index in [4.69, 9.17) is 20.6 Å². The van der Waals surface area contributed by atoms with Crippen molar-refractivity contribution in [2.24, 2.45) is 4.99 Å². The molecule has 2 rings (SSSR count). The normalized spacial score (nSPS) is 11.8. The number of hydrogen-bond acceptors (Lipinski definition) is 6. The summed E-state index contributed by atoms with van der Waals surface area (Å²) >= 11 is 1.60. The van der Waals surface area contributed by atoms with E-state index in [0.29, 0.717) is 24.6 Å². The Bertz CT molecular complexity index is 866. The number of aromatic nitrogens is 1. The van der Waals surface area contributed by atoms with Crippen LogP contribution in [0.3, 0.4) is 0 Å². The van der Waals surface area contributed by atoms with E-state index in [-0.39, 0.29) is 36.7 Å². The molecule has 1 aromatic carbocycles. The third kappa shape index (κ3) is 7.34. The SMILES string of the molecule is C#CCOc1cc(CNC(=NC)N(C)Cc2csc(C(C)OC)n2)ccc1OC.I. The van der Waals surface area contributed by atoms with Gasteiger partial charge in [-0.2, -0.15) is 0 Å². The zero-order valence-corrected chi connectivity index (χ0v) is 21.1. The summed E-state index contributed by atoms with van der Waals surface area (Å²) in [5, 5.41) is 6.38. The van der Waals surface area contributed by atoms with Crippen molar-refractivity contribution in [1.29, 1.82) is 0 Å². The van der Waals surface area contributed by atoms with E-state index in [1.165, 1.54) is 0 Å². The minimum absolute atomic E-state index is 0. The molecule has 2 aromatic rings. The van der Waals surface area contributed by atoms with Crippen LogP contribution in [0.25, 0.3) is 0 Å². The first-order valence-electron chi connectivity index (χ1n) is 9.14. The number of halogens is 1. The van der Waals surface area contributed by atoms with Crippen molar-refractivity contribution >= 4 is 41.3 Å². The number of thiazole rings is 1. The number of guanidine groups is 1. The first-order valence-corrected chi connectivity index (χ1v) is 10.0. The van der Waals surface area contributed by atoms with Crippen molar-refractivity contribution in [1.82, 2.24) is 15.2 Å². The Morgan fingerprint density at radius 2 is 2.13 bits per heavy atom. The summed E-state index contributed by atoms with van der Waals surface area (Å²) in [6, 6.07) is 5.75. The Morgan fingerprint density at radius 3 is 2.77 bits per heavy atom. The summed E-state index contributed by atoms with van der Waals surface area (Å²) in [6.07, 6.45) is 5.28. The van der Waals surface area contributed by atoms with Crippen LogP contribution in [0.15, 0.2) is 28.6 Å². The lowest BCUT2D eigenvalue weighted by molar-refractivity contribution is 0.119. The molecule has 0 aliphatic heterocycles. The summed E-state index contributed by atoms with van der Waals surface area (Å²) in [5.41, 5.74) is 2.01. The second kappa shape index (κ2) is 13.3. The van der Waals surface area contributed by atoms with Crippen molar-refractivity contribution in [2.45, 2.75) is 26.1 Å². The van der Waals surface area contributed by atoms with Gasteiger partial charge in [0.15, 0.2) is 17.5 Å². The van der Waals surface area contributed by atoms with Crippen LogP contribution in [0, 0.1) is 12.3 Å². The second-order valence-corrected chi connectivity index (χ2v) is 7.18. The fraction of sp³-hybridized carbons (Fsp3) is 0.429. The molecule has 30 heavy (non-hydrogen) atoms. The molecule has 1 heterocycles. The first-order chi connectivity index (χ1) is 14.0. The first kappa shape index (κ1) is 26.0. The van der Waals surface area contributed by atoms with Gasteiger partial charge in [0.1, 0.15) is 17.7 Å². The van der Waals surface area contributed by atoms with E-state index in [2.05, 4.69) is 21.2 Å². The van der Waals surface area contributed by atoms with Crippen molar-refractivity contribution in [2.75, 3.05) is 34.9 Å². The van der Waals surface area contributed by atoms with Gasteiger partial charge in [0.05, 0.1) is 19.3 Å². The molecule has 9 heteroatoms. The quantitative estimate of drug-likeness (QED) is 0.225. The predicted molar refractivity (Wildman–Crippen MR) is 132 cm³/mol. The summed E-state index contributed by atoms with van der Waals surface area (Å²) < 4.78 is 16.2. The molecule has 1 N–H and O–H groups in total. The third-order valence-corrected chi connectivity index (χ3v) is 5.29. The molecule has 0 spiro atoms. The van der Waals surface area contributed by atoms with E-state index in [1.807, 2.05) is 42.5 Å². The van der Waals surface area contributed by atoms with E-state index in [0.717, 1.165) is 22.2 Å². The summed E-state index contributed by atoms with van der Waals surface area (Å²) in [6.45, 7) is 3.40. The van der Waals surface area contributed by atoms with Gasteiger partial charge in [-0.3, -0.25) is 4.99 Å². The minimum atomic E-state index is -0.00236. The highest BCUT2D eigenvalue weighted by Gasteiger charge is 2.13. The molecule has 0 bridgehead atoms. The van der Waals surface area contributed by atoms with Gasteiger partial charge in [-0.25, -0.2) is 4.98 Å². The van der Waals surface area contributed by atoms with Gasteiger partial charge in [-0.1, -0.05) is 12.0 Å². The number of methoxy groups -OCH3 is 2. The Balaban J connectivity index is 0.00000450. The molecule has 164 valence electrons. The average Bonchev–Trinajstić information content (AvgIpc) is 3.20. The smallest absolute Gasteiger partial charge is 0.194 e. The number of aliphatic imine (C=N–C) groups is 1. The fourth-order valence-corrected chi connectivity index (χ4v) is 3.47. The van der Waals surface area contributed by atoms with Crippen molar-refractivity contribution in [3.8, 4) is 23.8 Å². The molecule has 0 saturated carbocycles. The van der Waals surface area contributed by atoms with Crippen LogP contribution >= 0.6 is 35.3 Å². The molecule has 0 aliphatic carbocycles. The zero-order valence-electron chi connectivity index (χ0n) is 18.0. The standard InChI is InChI=1S/C21H28N4O3S.HI/c1-7-10-28-19-11-16(8-9-18(19)27-6)12-23-21(22-3)25(4)13-17-14-29-20(24-17)15(2)26-5;/h1,8-9,11,14-15H,10,12-13H2,2-6H3,(H,22,23);1H. The summed E-state index contributed by atoms with van der Waals surface area (Å²) in [7, 11) is 7.02. The Kier molecular flexibility index (Phi) is 11.5. The average molecular weight is 544 g/mol. The van der Waals surface area contributed by atoms with E-state index in [9.17, 15) is 0 Å². The molecular formula is C21H29IN4O3S. The van der Waals surface area contributed by atoms with Gasteiger partial charge in [-0.05, 0) is 24.6 Å². The van der Waals surface area contributed by atoms with Gasteiger partial charge in [0.25, 0.3) is 0 Å². The highest BCUT2D eigenvalue weighted by atomic mass is 127. The predicted octanol–water partition coefficient (Wildman–Crippen LogP) is 3.70. The van der Waals surface area contributed by atoms with Crippen LogP contribution in [-0.4, -0.2) is 50.8 Å². The van der Waals surface area contributed by atoms with Gasteiger partial charge in [0.2, 0.25) is 0 Å². The van der Waals surface area contributed by atoms with Crippen LogP contribution in [0.2, 0.25) is 0 Å². The van der Waals surface area contributed by atoms with E-state index < -0.39 is 0 Å². The lowest BCUT2D eigenvalue weighted by Gasteiger charge is -2.21. The van der Waals surface area contributed by atoms with Crippen LogP contribution in [-0.2, 0) is 17.8 Å². The van der Waals surface area contributed by atoms with Crippen LogP contribution < -0.4 is 14.8 Å². The molecule has 0 fully saturated rings. The minimum Gasteiger partial charge on any atom is -0.493 e. The molecule has 1 aromatic heterocycles. The number of nitrogens with zero attached hydrogens (tertiary/aromatic N) is 3. The highest BCUT2D eigenvalue weighted by molar-refractivity contribution is 14.0. The molecule has 0 aliphatic rings. The monoisotopic (exact) mass is 544 g/mol. The number of hydrogen-bond donors (Lipinski definition) is 1. The maximum absolute atomic E-state index is 5.56. The molecular weight excluding hydrogens is 515 g/mol. The maximum Gasteiger partial charge on any atom is 0.194 e. The largest absolute Gasteiger partial charge is 0.493 e. The topological polar surface area (TPSA) is 68.2 Å². The van der Waals surface area contributed by atoms with Gasteiger partial charge >= 0.3 is 0 Å². The number of benzene rings is 1. The Morgan fingerprint density at radius 1 is 1.37 bits per heavy atom. The second-order valence-electron chi connectivity index (χ2n) is 6.29. The molecule has 1 unspecified atom stereocenters. The van der Waals surface area contributed by atoms with Crippen molar-refractivity contribution in [3.63, 3.8) is 0 Å². The lowest BCUT2D eigenvalue weighted by Crippen LogP contribution is -2.38. The Labute approximate surface area is 199 Å². The summed E-state index contributed by atoms with van der Waals surface area (Å²) in [5.74, 6) is 4.50. The summed E-state index contributed by atoms with van der Waals surface area (Å²) in [4.78, 5) is 11.0. The molecule has 1 atom stereocenters. The number of ether oxygens (including phenoxy) is 3. The Hall–Kier alpha value is -2.03. The number of rotatable bonds is 9. The van der Waals surface area contributed by atoms with E-state index >= 15 is 0 Å².